The molecule has 0 aliphatic heterocycles. The summed E-state index contributed by atoms with van der Waals surface area (Å²) < 4.78 is 2.96. The fraction of sp³-hybridized carbons (Fsp3) is 0.357. The van der Waals surface area contributed by atoms with Gasteiger partial charge in [0, 0.05) is 7.05 Å². The van der Waals surface area contributed by atoms with Gasteiger partial charge in [-0.15, -0.1) is 0 Å². The number of aryl methyl sites for hydroxylation is 2. The molecule has 3 nitrogen and oxygen atoms in total. The molecule has 0 aliphatic rings. The molecule has 0 saturated carbocycles. The molecular formula is C14H18BrN3. The van der Waals surface area contributed by atoms with Crippen molar-refractivity contribution in [2.24, 2.45) is 7.05 Å². The lowest BCUT2D eigenvalue weighted by Crippen LogP contribution is -2.24. The zero-order valence-electron chi connectivity index (χ0n) is 10.9. The summed E-state index contributed by atoms with van der Waals surface area (Å²) in [5.41, 5.74) is 3.69. The Labute approximate surface area is 116 Å². The molecular weight excluding hydrogens is 290 g/mol. The molecule has 0 saturated heterocycles. The van der Waals surface area contributed by atoms with Crippen LogP contribution in [0.5, 0.6) is 0 Å². The highest BCUT2D eigenvalue weighted by atomic mass is 79.9. The van der Waals surface area contributed by atoms with E-state index in [4.69, 9.17) is 0 Å². The van der Waals surface area contributed by atoms with Crippen LogP contribution in [0.4, 0.5) is 0 Å². The summed E-state index contributed by atoms with van der Waals surface area (Å²) in [5.74, 6) is 0. The first-order valence-corrected chi connectivity index (χ1v) is 6.90. The zero-order chi connectivity index (χ0) is 13.1. The molecule has 18 heavy (non-hydrogen) atoms. The van der Waals surface area contributed by atoms with Crippen LogP contribution in [-0.4, -0.2) is 16.3 Å². The van der Waals surface area contributed by atoms with Crippen molar-refractivity contribution in [3.05, 3.63) is 51.8 Å². The van der Waals surface area contributed by atoms with Crippen LogP contribution in [0.3, 0.4) is 0 Å². The molecule has 2 aromatic rings. The van der Waals surface area contributed by atoms with E-state index < -0.39 is 0 Å². The smallest absolute Gasteiger partial charge is 0.0759 e. The summed E-state index contributed by atoms with van der Waals surface area (Å²) in [5, 5.41) is 7.82. The molecule has 2 rings (SSSR count). The van der Waals surface area contributed by atoms with Crippen LogP contribution in [0.15, 0.2) is 34.9 Å². The third-order valence-corrected chi connectivity index (χ3v) is 3.61. The first kappa shape index (κ1) is 13.3. The topological polar surface area (TPSA) is 29.9 Å². The number of benzene rings is 1. The minimum atomic E-state index is 0.164. The molecule has 0 bridgehead atoms. The fourth-order valence-electron chi connectivity index (χ4n) is 2.17. The molecule has 1 atom stereocenters. The minimum Gasteiger partial charge on any atom is -0.305 e. The SMILES string of the molecule is CCNC(c1cccc(C)c1)c1c(Br)cnn1C. The van der Waals surface area contributed by atoms with Crippen LogP contribution in [0.2, 0.25) is 0 Å². The zero-order valence-corrected chi connectivity index (χ0v) is 12.5. The molecule has 0 aliphatic carbocycles. The number of aromatic nitrogens is 2. The number of nitrogens with zero attached hydrogens (tertiary/aromatic N) is 2. The average molecular weight is 308 g/mol. The Hall–Kier alpha value is -1.13. The summed E-state index contributed by atoms with van der Waals surface area (Å²) in [4.78, 5) is 0. The van der Waals surface area contributed by atoms with Crippen LogP contribution in [0.25, 0.3) is 0 Å². The van der Waals surface area contributed by atoms with E-state index in [2.05, 4.69) is 64.5 Å². The van der Waals surface area contributed by atoms with Crippen molar-refractivity contribution in [3.8, 4) is 0 Å². The van der Waals surface area contributed by atoms with Crippen LogP contribution in [0, 0.1) is 6.92 Å². The quantitative estimate of drug-likeness (QED) is 0.940. The molecule has 0 radical (unpaired) electrons. The lowest BCUT2D eigenvalue weighted by molar-refractivity contribution is 0.570. The first-order chi connectivity index (χ1) is 8.63. The molecule has 1 aromatic heterocycles. The van der Waals surface area contributed by atoms with E-state index in [1.807, 2.05) is 17.9 Å². The first-order valence-electron chi connectivity index (χ1n) is 6.10. The second-order valence-electron chi connectivity index (χ2n) is 4.41. The predicted octanol–water partition coefficient (Wildman–Crippen LogP) is 3.19. The van der Waals surface area contributed by atoms with Gasteiger partial charge >= 0.3 is 0 Å². The van der Waals surface area contributed by atoms with Gasteiger partial charge in [-0.3, -0.25) is 4.68 Å². The second kappa shape index (κ2) is 5.67. The molecule has 1 unspecified atom stereocenters. The van der Waals surface area contributed by atoms with Gasteiger partial charge in [0.1, 0.15) is 0 Å². The highest BCUT2D eigenvalue weighted by molar-refractivity contribution is 9.10. The van der Waals surface area contributed by atoms with E-state index in [1.54, 1.807) is 0 Å². The number of hydrogen-bond acceptors (Lipinski definition) is 2. The third-order valence-electron chi connectivity index (χ3n) is 2.99. The molecule has 1 N–H and O–H groups in total. The van der Waals surface area contributed by atoms with E-state index >= 15 is 0 Å². The monoisotopic (exact) mass is 307 g/mol. The summed E-state index contributed by atoms with van der Waals surface area (Å²) in [6.07, 6.45) is 1.84. The summed E-state index contributed by atoms with van der Waals surface area (Å²) in [6.45, 7) is 5.15. The van der Waals surface area contributed by atoms with Crippen molar-refractivity contribution in [3.63, 3.8) is 0 Å². The minimum absolute atomic E-state index is 0.164. The normalized spacial score (nSPS) is 12.7. The lowest BCUT2D eigenvalue weighted by atomic mass is 10.0. The number of rotatable bonds is 4. The molecule has 96 valence electrons. The van der Waals surface area contributed by atoms with Crippen molar-refractivity contribution in [2.75, 3.05) is 6.54 Å². The average Bonchev–Trinajstić information content (AvgIpc) is 2.67. The van der Waals surface area contributed by atoms with Gasteiger partial charge in [0.05, 0.1) is 22.4 Å². The van der Waals surface area contributed by atoms with Crippen LogP contribution >= 0.6 is 15.9 Å². The number of nitrogens with one attached hydrogen (secondary N) is 1. The summed E-state index contributed by atoms with van der Waals surface area (Å²) in [7, 11) is 1.97. The molecule has 1 aromatic carbocycles. The van der Waals surface area contributed by atoms with Crippen molar-refractivity contribution in [1.82, 2.24) is 15.1 Å². The Morgan fingerprint density at radius 2 is 2.22 bits per heavy atom. The third kappa shape index (κ3) is 2.65. The van der Waals surface area contributed by atoms with Gasteiger partial charge in [0.25, 0.3) is 0 Å². The van der Waals surface area contributed by atoms with Crippen molar-refractivity contribution in [2.45, 2.75) is 19.9 Å². The fourth-order valence-corrected chi connectivity index (χ4v) is 2.75. The highest BCUT2D eigenvalue weighted by Gasteiger charge is 2.19. The predicted molar refractivity (Wildman–Crippen MR) is 77.6 cm³/mol. The Bertz CT molecular complexity index is 514. The maximum absolute atomic E-state index is 4.30. The standard InChI is InChI=1S/C14H18BrN3/c1-4-16-13(11-7-5-6-10(2)8-11)14-12(15)9-17-18(14)3/h5-9,13,16H,4H2,1-3H3. The van der Waals surface area contributed by atoms with E-state index in [0.29, 0.717) is 0 Å². The Morgan fingerprint density at radius 3 is 2.78 bits per heavy atom. The molecule has 0 spiro atoms. The van der Waals surface area contributed by atoms with Crippen LogP contribution < -0.4 is 5.32 Å². The van der Waals surface area contributed by atoms with Crippen molar-refractivity contribution >= 4 is 15.9 Å². The molecule has 4 heteroatoms. The van der Waals surface area contributed by atoms with Crippen molar-refractivity contribution in [1.29, 1.82) is 0 Å². The molecule has 1 heterocycles. The van der Waals surface area contributed by atoms with Gasteiger partial charge < -0.3 is 5.32 Å². The summed E-state index contributed by atoms with van der Waals surface area (Å²) in [6, 6.07) is 8.74. The molecule has 0 fully saturated rings. The van der Waals surface area contributed by atoms with Gasteiger partial charge in [0.15, 0.2) is 0 Å². The Balaban J connectivity index is 2.46. The van der Waals surface area contributed by atoms with Gasteiger partial charge in [-0.2, -0.15) is 5.10 Å². The Morgan fingerprint density at radius 1 is 1.44 bits per heavy atom. The van der Waals surface area contributed by atoms with E-state index in [-0.39, 0.29) is 6.04 Å². The van der Waals surface area contributed by atoms with Gasteiger partial charge in [-0.05, 0) is 35.0 Å². The second-order valence-corrected chi connectivity index (χ2v) is 5.26. The number of hydrogen-bond donors (Lipinski definition) is 1. The maximum Gasteiger partial charge on any atom is 0.0759 e. The van der Waals surface area contributed by atoms with E-state index in [0.717, 1.165) is 16.7 Å². The molecule has 0 amide bonds. The Kier molecular flexibility index (Phi) is 4.19. The maximum atomic E-state index is 4.30. The van der Waals surface area contributed by atoms with Gasteiger partial charge in [-0.1, -0.05) is 36.8 Å². The van der Waals surface area contributed by atoms with Gasteiger partial charge in [-0.25, -0.2) is 0 Å². The van der Waals surface area contributed by atoms with Gasteiger partial charge in [0.2, 0.25) is 0 Å². The van der Waals surface area contributed by atoms with Crippen molar-refractivity contribution < 1.29 is 0 Å². The lowest BCUT2D eigenvalue weighted by Gasteiger charge is -2.20. The van der Waals surface area contributed by atoms with Crippen LogP contribution in [-0.2, 0) is 7.05 Å². The van der Waals surface area contributed by atoms with Crippen LogP contribution in [0.1, 0.15) is 29.8 Å². The summed E-state index contributed by atoms with van der Waals surface area (Å²) >= 11 is 3.58. The van der Waals surface area contributed by atoms with E-state index in [1.165, 1.54) is 11.1 Å². The number of halogens is 1. The highest BCUT2D eigenvalue weighted by Crippen LogP contribution is 2.28. The largest absolute Gasteiger partial charge is 0.305 e. The van der Waals surface area contributed by atoms with E-state index in [9.17, 15) is 0 Å².